The van der Waals surface area contributed by atoms with Crippen LogP contribution in [0.1, 0.15) is 46.7 Å². The molecule has 1 aliphatic heterocycles. The Morgan fingerprint density at radius 2 is 1.75 bits per heavy atom. The number of hydrogen-bond acceptors (Lipinski definition) is 4. The fourth-order valence-electron chi connectivity index (χ4n) is 4.24. The minimum Gasteiger partial charge on any atom is -0.313 e. The summed E-state index contributed by atoms with van der Waals surface area (Å²) in [6.07, 6.45) is 3.74. The largest absolute Gasteiger partial charge is 0.313 e. The van der Waals surface area contributed by atoms with Gasteiger partial charge in [0.15, 0.2) is 0 Å². The normalized spacial score (nSPS) is 22.8. The molecule has 0 bridgehead atoms. The Morgan fingerprint density at radius 1 is 1.04 bits per heavy atom. The topological polar surface area (TPSA) is 64.6 Å². The third kappa shape index (κ3) is 4.79. The Balaban J connectivity index is 1.17. The SMILES string of the molecule is O=C(NO)c1ccc(CN2CCC(CN[C@@H]3C[C@H]3c3ccccc3)CC2)cc1. The van der Waals surface area contributed by atoms with Gasteiger partial charge in [-0.2, -0.15) is 0 Å². The molecule has 1 heterocycles. The zero-order chi connectivity index (χ0) is 19.3. The van der Waals surface area contributed by atoms with E-state index in [2.05, 4.69) is 40.5 Å². The van der Waals surface area contributed by atoms with Gasteiger partial charge in [0.05, 0.1) is 0 Å². The number of benzene rings is 2. The number of hydroxylamine groups is 1. The van der Waals surface area contributed by atoms with Crippen molar-refractivity contribution in [3.8, 4) is 0 Å². The van der Waals surface area contributed by atoms with Crippen LogP contribution in [0.25, 0.3) is 0 Å². The summed E-state index contributed by atoms with van der Waals surface area (Å²) in [5, 5.41) is 12.5. The summed E-state index contributed by atoms with van der Waals surface area (Å²) in [6, 6.07) is 19.0. The average molecular weight is 380 g/mol. The number of carbonyl (C=O) groups excluding carboxylic acids is 1. The van der Waals surface area contributed by atoms with Crippen LogP contribution in [-0.4, -0.2) is 41.7 Å². The number of nitrogens with one attached hydrogen (secondary N) is 2. The fraction of sp³-hybridized carbons (Fsp3) is 0.435. The Bertz CT molecular complexity index is 770. The van der Waals surface area contributed by atoms with E-state index in [1.54, 1.807) is 17.6 Å². The van der Waals surface area contributed by atoms with E-state index in [0.29, 0.717) is 17.5 Å². The van der Waals surface area contributed by atoms with Crippen LogP contribution in [0.15, 0.2) is 54.6 Å². The first-order valence-corrected chi connectivity index (χ1v) is 10.3. The smallest absolute Gasteiger partial charge is 0.274 e. The van der Waals surface area contributed by atoms with Crippen molar-refractivity contribution in [1.82, 2.24) is 15.7 Å². The number of carbonyl (C=O) groups is 1. The first kappa shape index (κ1) is 19.1. The van der Waals surface area contributed by atoms with E-state index in [4.69, 9.17) is 5.21 Å². The van der Waals surface area contributed by atoms with Gasteiger partial charge in [0, 0.05) is 24.1 Å². The lowest BCUT2D eigenvalue weighted by molar-refractivity contribution is 0.0706. The molecule has 148 valence electrons. The van der Waals surface area contributed by atoms with Crippen LogP contribution in [0.5, 0.6) is 0 Å². The molecule has 2 atom stereocenters. The van der Waals surface area contributed by atoms with Crippen LogP contribution < -0.4 is 10.8 Å². The van der Waals surface area contributed by atoms with Crippen molar-refractivity contribution in [1.29, 1.82) is 0 Å². The highest BCUT2D eigenvalue weighted by Gasteiger charge is 2.38. The standard InChI is InChI=1S/C23H29N3O2/c27-23(25-28)20-8-6-18(7-9-20)16-26-12-10-17(11-13-26)15-24-22-14-21(22)19-4-2-1-3-5-19/h1-9,17,21-22,24,28H,10-16H2,(H,25,27)/t21-,22+/m0/s1. The Hall–Kier alpha value is -2.21. The average Bonchev–Trinajstić information content (AvgIpc) is 3.54. The lowest BCUT2D eigenvalue weighted by atomic mass is 9.96. The second-order valence-corrected chi connectivity index (χ2v) is 8.12. The number of likely N-dealkylation sites (tertiary alicyclic amines) is 1. The number of rotatable bonds is 7. The molecule has 0 aromatic heterocycles. The molecular weight excluding hydrogens is 350 g/mol. The van der Waals surface area contributed by atoms with Crippen LogP contribution >= 0.6 is 0 Å². The summed E-state index contributed by atoms with van der Waals surface area (Å²) in [5.41, 5.74) is 4.82. The van der Waals surface area contributed by atoms with Crippen molar-refractivity contribution in [2.45, 2.75) is 37.8 Å². The molecule has 5 heteroatoms. The van der Waals surface area contributed by atoms with E-state index in [1.807, 2.05) is 12.1 Å². The molecule has 0 radical (unpaired) electrons. The van der Waals surface area contributed by atoms with Crippen molar-refractivity contribution < 1.29 is 10.0 Å². The molecule has 0 spiro atoms. The molecule has 28 heavy (non-hydrogen) atoms. The van der Waals surface area contributed by atoms with Gasteiger partial charge in [-0.15, -0.1) is 0 Å². The first-order chi connectivity index (χ1) is 13.7. The Labute approximate surface area is 166 Å². The van der Waals surface area contributed by atoms with Gasteiger partial charge in [-0.05, 0) is 68.1 Å². The molecule has 2 aliphatic rings. The molecule has 2 aromatic carbocycles. The highest BCUT2D eigenvalue weighted by molar-refractivity contribution is 5.93. The summed E-state index contributed by atoms with van der Waals surface area (Å²) in [5.74, 6) is 1.01. The predicted molar refractivity (Wildman–Crippen MR) is 109 cm³/mol. The summed E-state index contributed by atoms with van der Waals surface area (Å²) >= 11 is 0. The zero-order valence-electron chi connectivity index (χ0n) is 16.2. The van der Waals surface area contributed by atoms with Crippen LogP contribution in [0.3, 0.4) is 0 Å². The molecule has 2 aromatic rings. The Morgan fingerprint density at radius 3 is 2.43 bits per heavy atom. The second-order valence-electron chi connectivity index (χ2n) is 8.12. The number of amides is 1. The van der Waals surface area contributed by atoms with Crippen LogP contribution in [-0.2, 0) is 6.54 Å². The van der Waals surface area contributed by atoms with Gasteiger partial charge < -0.3 is 5.32 Å². The summed E-state index contributed by atoms with van der Waals surface area (Å²) < 4.78 is 0. The number of hydrogen-bond donors (Lipinski definition) is 3. The summed E-state index contributed by atoms with van der Waals surface area (Å²) in [6.45, 7) is 4.29. The Kier molecular flexibility index (Phi) is 6.05. The number of piperidine rings is 1. The molecule has 2 fully saturated rings. The van der Waals surface area contributed by atoms with Crippen LogP contribution in [0.2, 0.25) is 0 Å². The maximum atomic E-state index is 11.4. The predicted octanol–water partition coefficient (Wildman–Crippen LogP) is 3.16. The van der Waals surface area contributed by atoms with E-state index in [-0.39, 0.29) is 0 Å². The van der Waals surface area contributed by atoms with Crippen LogP contribution in [0, 0.1) is 5.92 Å². The number of nitrogens with zero attached hydrogens (tertiary/aromatic N) is 1. The van der Waals surface area contributed by atoms with Gasteiger partial charge in [-0.3, -0.25) is 14.9 Å². The molecule has 1 saturated carbocycles. The van der Waals surface area contributed by atoms with Gasteiger partial charge >= 0.3 is 0 Å². The highest BCUT2D eigenvalue weighted by Crippen LogP contribution is 2.40. The minimum absolute atomic E-state index is 0.468. The third-order valence-corrected chi connectivity index (χ3v) is 6.12. The van der Waals surface area contributed by atoms with Gasteiger partial charge in [0.2, 0.25) is 0 Å². The summed E-state index contributed by atoms with van der Waals surface area (Å²) in [7, 11) is 0. The molecule has 0 unspecified atom stereocenters. The van der Waals surface area contributed by atoms with Crippen molar-refractivity contribution in [2.75, 3.05) is 19.6 Å². The molecule has 1 aliphatic carbocycles. The van der Waals surface area contributed by atoms with Gasteiger partial charge in [-0.1, -0.05) is 42.5 Å². The highest BCUT2D eigenvalue weighted by atomic mass is 16.5. The van der Waals surface area contributed by atoms with Crippen molar-refractivity contribution in [2.24, 2.45) is 5.92 Å². The van der Waals surface area contributed by atoms with Crippen molar-refractivity contribution >= 4 is 5.91 Å². The van der Waals surface area contributed by atoms with Crippen molar-refractivity contribution in [3.63, 3.8) is 0 Å². The fourth-order valence-corrected chi connectivity index (χ4v) is 4.24. The third-order valence-electron chi connectivity index (χ3n) is 6.12. The monoisotopic (exact) mass is 379 g/mol. The maximum Gasteiger partial charge on any atom is 0.274 e. The lowest BCUT2D eigenvalue weighted by Gasteiger charge is -2.32. The molecule has 3 N–H and O–H groups in total. The quantitative estimate of drug-likeness (QED) is 0.511. The summed E-state index contributed by atoms with van der Waals surface area (Å²) in [4.78, 5) is 13.9. The molecular formula is C23H29N3O2. The van der Waals surface area contributed by atoms with Crippen molar-refractivity contribution in [3.05, 3.63) is 71.3 Å². The minimum atomic E-state index is -0.468. The molecule has 1 amide bonds. The molecule has 4 rings (SSSR count). The maximum absolute atomic E-state index is 11.4. The lowest BCUT2D eigenvalue weighted by Crippen LogP contribution is -2.37. The second kappa shape index (κ2) is 8.86. The van der Waals surface area contributed by atoms with Gasteiger partial charge in [0.25, 0.3) is 5.91 Å². The van der Waals surface area contributed by atoms with E-state index in [0.717, 1.165) is 32.1 Å². The molecule has 5 nitrogen and oxygen atoms in total. The van der Waals surface area contributed by atoms with Crippen LogP contribution in [0.4, 0.5) is 0 Å². The first-order valence-electron chi connectivity index (χ1n) is 10.3. The molecule has 1 saturated heterocycles. The van der Waals surface area contributed by atoms with Gasteiger partial charge in [0.1, 0.15) is 0 Å². The van der Waals surface area contributed by atoms with E-state index < -0.39 is 5.91 Å². The van der Waals surface area contributed by atoms with E-state index >= 15 is 0 Å². The zero-order valence-corrected chi connectivity index (χ0v) is 16.2. The van der Waals surface area contributed by atoms with E-state index in [1.165, 1.54) is 30.4 Å². The van der Waals surface area contributed by atoms with Gasteiger partial charge in [-0.25, -0.2) is 5.48 Å². The van der Waals surface area contributed by atoms with E-state index in [9.17, 15) is 4.79 Å².